The van der Waals surface area contributed by atoms with Crippen LogP contribution < -0.4 is 5.32 Å². The average molecular weight is 549 g/mol. The van der Waals surface area contributed by atoms with Crippen LogP contribution in [0.15, 0.2) is 83.8 Å². The molecule has 0 bridgehead atoms. The lowest BCUT2D eigenvalue weighted by atomic mass is 10.1. The Hall–Kier alpha value is -3.08. The summed E-state index contributed by atoms with van der Waals surface area (Å²) in [4.78, 5) is 17.8. The highest BCUT2D eigenvalue weighted by Crippen LogP contribution is 2.18. The third-order valence-corrected chi connectivity index (χ3v) is 9.21. The lowest BCUT2D eigenvalue weighted by molar-refractivity contribution is 0.0342. The third kappa shape index (κ3) is 7.32. The van der Waals surface area contributed by atoms with Crippen molar-refractivity contribution in [2.24, 2.45) is 0 Å². The fourth-order valence-electron chi connectivity index (χ4n) is 5.00. The van der Waals surface area contributed by atoms with Crippen LogP contribution in [0.4, 0.5) is 0 Å². The molecule has 1 amide bonds. The van der Waals surface area contributed by atoms with Crippen molar-refractivity contribution in [3.05, 3.63) is 101 Å². The third-order valence-electron chi connectivity index (χ3n) is 7.29. The Bertz CT molecular complexity index is 1330. The molecule has 0 aliphatic carbocycles. The number of carbonyl (C=O) groups excluding carboxylic acids is 1. The summed E-state index contributed by atoms with van der Waals surface area (Å²) in [6.45, 7) is 7.75. The van der Waals surface area contributed by atoms with Gasteiger partial charge in [0.15, 0.2) is 0 Å². The van der Waals surface area contributed by atoms with Gasteiger partial charge in [0.1, 0.15) is 0 Å². The first kappa shape index (κ1) is 27.5. The number of rotatable bonds is 9. The monoisotopic (exact) mass is 548 g/mol. The predicted molar refractivity (Wildman–Crippen MR) is 151 cm³/mol. The smallest absolute Gasteiger partial charge is 0.251 e. The van der Waals surface area contributed by atoms with E-state index in [-0.39, 0.29) is 5.91 Å². The molecule has 0 radical (unpaired) electrons. The van der Waals surface area contributed by atoms with Gasteiger partial charge in [-0.3, -0.25) is 14.6 Å². The van der Waals surface area contributed by atoms with E-state index in [0.717, 1.165) is 44.0 Å². The number of benzene rings is 3. The van der Waals surface area contributed by atoms with Gasteiger partial charge in [-0.05, 0) is 41.0 Å². The zero-order chi connectivity index (χ0) is 27.1. The summed E-state index contributed by atoms with van der Waals surface area (Å²) < 4.78 is 32.8. The van der Waals surface area contributed by atoms with Gasteiger partial charge in [-0.25, -0.2) is 8.42 Å². The van der Waals surface area contributed by atoms with Crippen LogP contribution in [0.2, 0.25) is 0 Å². The van der Waals surface area contributed by atoms with Crippen molar-refractivity contribution in [1.29, 1.82) is 0 Å². The van der Waals surface area contributed by atoms with Crippen molar-refractivity contribution in [2.45, 2.75) is 24.5 Å². The Kier molecular flexibility index (Phi) is 9.06. The van der Waals surface area contributed by atoms with Crippen LogP contribution in [0.5, 0.6) is 0 Å². The molecule has 3 aromatic carbocycles. The molecule has 0 spiro atoms. The Morgan fingerprint density at radius 2 is 1.36 bits per heavy atom. The second-order valence-corrected chi connectivity index (χ2v) is 12.0. The molecule has 9 heteroatoms. The number of amides is 1. The molecule has 0 aromatic heterocycles. The molecular formula is C30H36N4O4S. The Balaban J connectivity index is 1.10. The van der Waals surface area contributed by atoms with Crippen molar-refractivity contribution >= 4 is 15.9 Å². The maximum Gasteiger partial charge on any atom is 0.251 e. The van der Waals surface area contributed by atoms with E-state index in [1.165, 1.54) is 5.56 Å². The molecule has 2 fully saturated rings. The van der Waals surface area contributed by atoms with Gasteiger partial charge < -0.3 is 10.1 Å². The summed E-state index contributed by atoms with van der Waals surface area (Å²) in [6, 6.07) is 24.7. The van der Waals surface area contributed by atoms with Gasteiger partial charge in [-0.1, -0.05) is 54.6 Å². The minimum absolute atomic E-state index is 0.104. The molecule has 8 nitrogen and oxygen atoms in total. The van der Waals surface area contributed by atoms with E-state index in [0.29, 0.717) is 49.7 Å². The molecule has 5 rings (SSSR count). The Labute approximate surface area is 231 Å². The number of piperazine rings is 1. The van der Waals surface area contributed by atoms with Crippen molar-refractivity contribution in [3.63, 3.8) is 0 Å². The molecule has 2 aliphatic rings. The highest BCUT2D eigenvalue weighted by atomic mass is 32.2. The molecular weight excluding hydrogens is 512 g/mol. The second kappa shape index (κ2) is 12.8. The van der Waals surface area contributed by atoms with Crippen LogP contribution in [0.1, 0.15) is 27.0 Å². The SMILES string of the molecule is O=C(NCc1ccc(CN2CCOCC2)cc1)c1cccc(CN2CCN(S(=O)(=O)c3ccccc3)CC2)c1. The van der Waals surface area contributed by atoms with Gasteiger partial charge in [-0.15, -0.1) is 0 Å². The quantitative estimate of drug-likeness (QED) is 0.443. The van der Waals surface area contributed by atoms with Gasteiger partial charge in [0.25, 0.3) is 5.91 Å². The summed E-state index contributed by atoms with van der Waals surface area (Å²) in [5.74, 6) is -0.104. The van der Waals surface area contributed by atoms with Crippen LogP contribution in [0, 0.1) is 0 Å². The molecule has 0 unspecified atom stereocenters. The lowest BCUT2D eigenvalue weighted by Gasteiger charge is -2.34. The second-order valence-electron chi connectivity index (χ2n) is 10.1. The van der Waals surface area contributed by atoms with Gasteiger partial charge in [0, 0.05) is 64.5 Å². The maximum absolute atomic E-state index is 12.9. The molecule has 1 N–H and O–H groups in total. The molecule has 0 atom stereocenters. The molecule has 39 heavy (non-hydrogen) atoms. The number of nitrogens with zero attached hydrogens (tertiary/aromatic N) is 3. The predicted octanol–water partition coefficient (Wildman–Crippen LogP) is 2.96. The first-order valence-electron chi connectivity index (χ1n) is 13.5. The highest BCUT2D eigenvalue weighted by molar-refractivity contribution is 7.89. The van der Waals surface area contributed by atoms with Crippen molar-refractivity contribution in [2.75, 3.05) is 52.5 Å². The summed E-state index contributed by atoms with van der Waals surface area (Å²) in [7, 11) is -3.47. The largest absolute Gasteiger partial charge is 0.379 e. The van der Waals surface area contributed by atoms with Gasteiger partial charge in [0.05, 0.1) is 18.1 Å². The number of hydrogen-bond acceptors (Lipinski definition) is 6. The van der Waals surface area contributed by atoms with Crippen LogP contribution >= 0.6 is 0 Å². The van der Waals surface area contributed by atoms with E-state index in [2.05, 4.69) is 39.4 Å². The molecule has 2 saturated heterocycles. The van der Waals surface area contributed by atoms with E-state index < -0.39 is 10.0 Å². The van der Waals surface area contributed by atoms with Crippen molar-refractivity contribution in [1.82, 2.24) is 19.4 Å². The van der Waals surface area contributed by atoms with Gasteiger partial charge in [0.2, 0.25) is 10.0 Å². The number of sulfonamides is 1. The number of ether oxygens (including phenoxy) is 1. The van der Waals surface area contributed by atoms with Gasteiger partial charge in [-0.2, -0.15) is 4.31 Å². The number of carbonyl (C=O) groups is 1. The minimum atomic E-state index is -3.47. The van der Waals surface area contributed by atoms with E-state index in [9.17, 15) is 13.2 Å². The average Bonchev–Trinajstić information content (AvgIpc) is 2.98. The van der Waals surface area contributed by atoms with Crippen LogP contribution in [0.25, 0.3) is 0 Å². The lowest BCUT2D eigenvalue weighted by Crippen LogP contribution is -2.48. The maximum atomic E-state index is 12.9. The van der Waals surface area contributed by atoms with E-state index in [1.807, 2.05) is 30.3 Å². The van der Waals surface area contributed by atoms with Crippen LogP contribution in [0.3, 0.4) is 0 Å². The topological polar surface area (TPSA) is 82.2 Å². The van der Waals surface area contributed by atoms with Crippen molar-refractivity contribution < 1.29 is 17.9 Å². The summed E-state index contributed by atoms with van der Waals surface area (Å²) in [6.07, 6.45) is 0. The van der Waals surface area contributed by atoms with E-state index in [1.54, 1.807) is 28.6 Å². The standard InChI is InChI=1S/C30H36N4O4S/c35-30(31-22-25-9-11-26(12-10-25)23-33-17-19-38-20-18-33)28-6-4-5-27(21-28)24-32-13-15-34(16-14-32)39(36,37)29-7-2-1-3-8-29/h1-12,21H,13-20,22-24H2,(H,31,35). The zero-order valence-electron chi connectivity index (χ0n) is 22.2. The fourth-order valence-corrected chi connectivity index (χ4v) is 6.45. The van der Waals surface area contributed by atoms with Crippen molar-refractivity contribution in [3.8, 4) is 0 Å². The van der Waals surface area contributed by atoms with Crippen LogP contribution in [-0.4, -0.2) is 80.9 Å². The fraction of sp³-hybridized carbons (Fsp3) is 0.367. The number of morpholine rings is 1. The molecule has 0 saturated carbocycles. The van der Waals surface area contributed by atoms with E-state index >= 15 is 0 Å². The molecule has 3 aromatic rings. The first-order chi connectivity index (χ1) is 19.0. The van der Waals surface area contributed by atoms with Crippen LogP contribution in [-0.2, 0) is 34.4 Å². The number of nitrogens with one attached hydrogen (secondary N) is 1. The number of hydrogen-bond donors (Lipinski definition) is 1. The zero-order valence-corrected chi connectivity index (χ0v) is 23.0. The Morgan fingerprint density at radius 1 is 0.718 bits per heavy atom. The Morgan fingerprint density at radius 3 is 2.08 bits per heavy atom. The summed E-state index contributed by atoms with van der Waals surface area (Å²) in [5, 5.41) is 3.03. The van der Waals surface area contributed by atoms with E-state index in [4.69, 9.17) is 4.74 Å². The van der Waals surface area contributed by atoms with Gasteiger partial charge >= 0.3 is 0 Å². The molecule has 2 aliphatic heterocycles. The summed E-state index contributed by atoms with van der Waals surface area (Å²) in [5.41, 5.74) is 3.99. The first-order valence-corrected chi connectivity index (χ1v) is 14.9. The summed E-state index contributed by atoms with van der Waals surface area (Å²) >= 11 is 0. The minimum Gasteiger partial charge on any atom is -0.379 e. The normalized spacial score (nSPS) is 17.6. The highest BCUT2D eigenvalue weighted by Gasteiger charge is 2.28. The molecule has 2 heterocycles. The molecule has 206 valence electrons.